The molecule has 0 aromatic heterocycles. The normalized spacial score (nSPS) is 18.4. The van der Waals surface area contributed by atoms with Crippen LogP contribution in [0.4, 0.5) is 0 Å². The largest absolute Gasteiger partial charge is 0.480 e. The Balaban J connectivity index is 2.19. The standard InChI is InChI=1S/C17H17NO3S2/c1-11(2)14(16(20)21)18-15(19)13(23-17(18)22)10-6-9-12-7-4-3-5-8-12/h3-11,14H,1-2H3,(H,20,21)/b9-6+,13-10+/t14-/m0/s1. The van der Waals surface area contributed by atoms with Crippen molar-refractivity contribution in [1.29, 1.82) is 0 Å². The number of hydrogen-bond acceptors (Lipinski definition) is 4. The molecule has 0 saturated carbocycles. The maximum Gasteiger partial charge on any atom is 0.327 e. The molecule has 120 valence electrons. The third kappa shape index (κ3) is 4.09. The first-order valence-electron chi connectivity index (χ1n) is 7.13. The van der Waals surface area contributed by atoms with E-state index < -0.39 is 12.0 Å². The highest BCUT2D eigenvalue weighted by Gasteiger charge is 2.41. The van der Waals surface area contributed by atoms with Crippen molar-refractivity contribution in [2.75, 3.05) is 0 Å². The number of carboxylic acids is 1. The zero-order chi connectivity index (χ0) is 17.0. The lowest BCUT2D eigenvalue weighted by atomic mass is 10.0. The number of allylic oxidation sites excluding steroid dienone is 2. The highest BCUT2D eigenvalue weighted by molar-refractivity contribution is 8.26. The molecule has 23 heavy (non-hydrogen) atoms. The van der Waals surface area contributed by atoms with Crippen LogP contribution >= 0.6 is 24.0 Å². The molecular formula is C17H17NO3S2. The second-order valence-electron chi connectivity index (χ2n) is 5.37. The summed E-state index contributed by atoms with van der Waals surface area (Å²) >= 11 is 6.33. The van der Waals surface area contributed by atoms with Gasteiger partial charge in [0.1, 0.15) is 10.4 Å². The monoisotopic (exact) mass is 347 g/mol. The molecule has 6 heteroatoms. The van der Waals surface area contributed by atoms with Crippen LogP contribution < -0.4 is 0 Å². The highest BCUT2D eigenvalue weighted by Crippen LogP contribution is 2.34. The van der Waals surface area contributed by atoms with E-state index >= 15 is 0 Å². The molecule has 1 aliphatic heterocycles. The van der Waals surface area contributed by atoms with Crippen LogP contribution in [0.25, 0.3) is 6.08 Å². The molecule has 1 aromatic carbocycles. The van der Waals surface area contributed by atoms with Gasteiger partial charge >= 0.3 is 5.97 Å². The maximum absolute atomic E-state index is 12.5. The van der Waals surface area contributed by atoms with Crippen molar-refractivity contribution in [1.82, 2.24) is 4.90 Å². The van der Waals surface area contributed by atoms with Crippen LogP contribution in [0.15, 0.2) is 47.4 Å². The summed E-state index contributed by atoms with van der Waals surface area (Å²) in [4.78, 5) is 25.5. The van der Waals surface area contributed by atoms with Gasteiger partial charge in [-0.3, -0.25) is 9.69 Å². The first-order valence-corrected chi connectivity index (χ1v) is 8.36. The third-order valence-electron chi connectivity index (χ3n) is 3.32. The number of rotatable bonds is 5. The topological polar surface area (TPSA) is 57.6 Å². The van der Waals surface area contributed by atoms with Crippen molar-refractivity contribution in [3.05, 3.63) is 53.0 Å². The summed E-state index contributed by atoms with van der Waals surface area (Å²) in [7, 11) is 0. The molecule has 0 unspecified atom stereocenters. The lowest BCUT2D eigenvalue weighted by Gasteiger charge is -2.26. The number of thioether (sulfide) groups is 1. The molecule has 1 aliphatic rings. The molecule has 1 heterocycles. The third-order valence-corrected chi connectivity index (χ3v) is 4.67. The van der Waals surface area contributed by atoms with E-state index in [4.69, 9.17) is 12.2 Å². The molecule has 0 spiro atoms. The van der Waals surface area contributed by atoms with Gasteiger partial charge in [-0.15, -0.1) is 0 Å². The van der Waals surface area contributed by atoms with E-state index in [9.17, 15) is 14.7 Å². The predicted octanol–water partition coefficient (Wildman–Crippen LogP) is 3.55. The van der Waals surface area contributed by atoms with Gasteiger partial charge in [0.25, 0.3) is 5.91 Å². The number of hydrogen-bond donors (Lipinski definition) is 1. The molecule has 1 N–H and O–H groups in total. The van der Waals surface area contributed by atoms with Crippen LogP contribution in [0, 0.1) is 5.92 Å². The molecule has 2 rings (SSSR count). The first-order chi connectivity index (χ1) is 10.9. The van der Waals surface area contributed by atoms with E-state index in [-0.39, 0.29) is 16.1 Å². The van der Waals surface area contributed by atoms with Gasteiger partial charge < -0.3 is 5.11 Å². The summed E-state index contributed by atoms with van der Waals surface area (Å²) < 4.78 is 0.287. The fraction of sp³-hybridized carbons (Fsp3) is 0.235. The van der Waals surface area contributed by atoms with Crippen molar-refractivity contribution in [3.63, 3.8) is 0 Å². The molecule has 4 nitrogen and oxygen atoms in total. The van der Waals surface area contributed by atoms with Gasteiger partial charge in [0.05, 0.1) is 4.91 Å². The Morgan fingerprint density at radius 1 is 1.30 bits per heavy atom. The number of nitrogens with zero attached hydrogens (tertiary/aromatic N) is 1. The average Bonchev–Trinajstić information content (AvgIpc) is 2.76. The number of amides is 1. The quantitative estimate of drug-likeness (QED) is 0.652. The van der Waals surface area contributed by atoms with Crippen molar-refractivity contribution in [2.24, 2.45) is 5.92 Å². The summed E-state index contributed by atoms with van der Waals surface area (Å²) in [5.41, 5.74) is 1.02. The molecule has 1 aromatic rings. The van der Waals surface area contributed by atoms with Gasteiger partial charge in [0.15, 0.2) is 0 Å². The van der Waals surface area contributed by atoms with E-state index in [0.717, 1.165) is 17.3 Å². The van der Waals surface area contributed by atoms with Crippen LogP contribution in [-0.4, -0.2) is 32.2 Å². The summed E-state index contributed by atoms with van der Waals surface area (Å²) in [5.74, 6) is -1.62. The van der Waals surface area contributed by atoms with Crippen molar-refractivity contribution in [3.8, 4) is 0 Å². The lowest BCUT2D eigenvalue weighted by Crippen LogP contribution is -2.47. The number of carbonyl (C=O) groups is 2. The Morgan fingerprint density at radius 2 is 1.96 bits per heavy atom. The fourth-order valence-electron chi connectivity index (χ4n) is 2.24. The second-order valence-corrected chi connectivity index (χ2v) is 7.05. The van der Waals surface area contributed by atoms with Gasteiger partial charge in [0, 0.05) is 0 Å². The number of aliphatic carboxylic acids is 1. The molecule has 0 aliphatic carbocycles. The van der Waals surface area contributed by atoms with Crippen LogP contribution in [0.5, 0.6) is 0 Å². The van der Waals surface area contributed by atoms with Crippen LogP contribution in [0.2, 0.25) is 0 Å². The molecular weight excluding hydrogens is 330 g/mol. The number of carbonyl (C=O) groups excluding carboxylic acids is 1. The van der Waals surface area contributed by atoms with E-state index in [0.29, 0.717) is 4.91 Å². The van der Waals surface area contributed by atoms with Gasteiger partial charge in [0.2, 0.25) is 0 Å². The molecule has 1 saturated heterocycles. The summed E-state index contributed by atoms with van der Waals surface area (Å²) in [5, 5.41) is 9.35. The Morgan fingerprint density at radius 3 is 2.52 bits per heavy atom. The van der Waals surface area contributed by atoms with E-state index in [1.807, 2.05) is 36.4 Å². The Hall–Kier alpha value is -1.92. The maximum atomic E-state index is 12.5. The van der Waals surface area contributed by atoms with Crippen LogP contribution in [0.3, 0.4) is 0 Å². The Kier molecular flexibility index (Phi) is 5.74. The predicted molar refractivity (Wildman–Crippen MR) is 96.9 cm³/mol. The van der Waals surface area contributed by atoms with Crippen molar-refractivity contribution in [2.45, 2.75) is 19.9 Å². The minimum absolute atomic E-state index is 0.228. The van der Waals surface area contributed by atoms with Gasteiger partial charge in [-0.25, -0.2) is 4.79 Å². The second kappa shape index (κ2) is 7.57. The zero-order valence-corrected chi connectivity index (χ0v) is 14.4. The number of thiocarbonyl (C=S) groups is 1. The zero-order valence-electron chi connectivity index (χ0n) is 12.8. The minimum Gasteiger partial charge on any atom is -0.480 e. The van der Waals surface area contributed by atoms with Crippen LogP contribution in [-0.2, 0) is 9.59 Å². The van der Waals surface area contributed by atoms with E-state index in [2.05, 4.69) is 0 Å². The van der Waals surface area contributed by atoms with E-state index in [1.165, 1.54) is 4.90 Å². The summed E-state index contributed by atoms with van der Waals surface area (Å²) in [6.07, 6.45) is 5.32. The van der Waals surface area contributed by atoms with E-state index in [1.54, 1.807) is 26.0 Å². The summed E-state index contributed by atoms with van der Waals surface area (Å²) in [6, 6.07) is 8.76. The SMILES string of the molecule is CC(C)[C@@H](C(=O)O)N1C(=O)/C(=C\C=C\c2ccccc2)SC1=S. The van der Waals surface area contributed by atoms with Crippen molar-refractivity contribution >= 4 is 46.3 Å². The molecule has 1 amide bonds. The Bertz CT molecular complexity index is 680. The highest BCUT2D eigenvalue weighted by atomic mass is 32.2. The average molecular weight is 347 g/mol. The first kappa shape index (κ1) is 17.4. The van der Waals surface area contributed by atoms with Gasteiger partial charge in [-0.1, -0.05) is 80.3 Å². The molecule has 1 atom stereocenters. The number of carboxylic acid groups (broad SMARTS) is 1. The molecule has 0 bridgehead atoms. The van der Waals surface area contributed by atoms with Crippen molar-refractivity contribution < 1.29 is 14.7 Å². The fourth-order valence-corrected chi connectivity index (χ4v) is 3.52. The van der Waals surface area contributed by atoms with Gasteiger partial charge in [-0.2, -0.15) is 0 Å². The summed E-state index contributed by atoms with van der Waals surface area (Å²) in [6.45, 7) is 3.52. The van der Waals surface area contributed by atoms with Crippen LogP contribution in [0.1, 0.15) is 19.4 Å². The molecule has 1 fully saturated rings. The molecule has 0 radical (unpaired) electrons. The number of benzene rings is 1. The lowest BCUT2D eigenvalue weighted by molar-refractivity contribution is -0.146. The minimum atomic E-state index is -1.04. The van der Waals surface area contributed by atoms with Gasteiger partial charge in [-0.05, 0) is 17.6 Å². The Labute approximate surface area is 144 Å². The smallest absolute Gasteiger partial charge is 0.327 e.